The maximum absolute atomic E-state index is 12.4. The molecule has 1 aromatic carbocycles. The zero-order chi connectivity index (χ0) is 18.1. The minimum absolute atomic E-state index is 0.0220. The summed E-state index contributed by atoms with van der Waals surface area (Å²) in [5.41, 5.74) is 1.11. The molecule has 0 aliphatic carbocycles. The Morgan fingerprint density at radius 1 is 1.36 bits per heavy atom. The standard InChI is InChI=1S/C17H18N2O6/c1-9-12-8-11(23-3)4-5-13(12)25-14(9)16(21)24-10(2)15(20)19-7-6-18-17(19)22/h4-5,8,10H,6-7H2,1-3H3,(H,18,22)/t10-/m1/s1. The summed E-state index contributed by atoms with van der Waals surface area (Å²) in [7, 11) is 1.55. The molecule has 1 fully saturated rings. The molecule has 1 aromatic heterocycles. The van der Waals surface area contributed by atoms with Crippen LogP contribution < -0.4 is 10.1 Å². The third-order valence-electron chi connectivity index (χ3n) is 4.08. The average Bonchev–Trinajstić information content (AvgIpc) is 3.17. The summed E-state index contributed by atoms with van der Waals surface area (Å²) in [5.74, 6) is -0.666. The van der Waals surface area contributed by atoms with Crippen molar-refractivity contribution in [2.45, 2.75) is 20.0 Å². The molecule has 132 valence electrons. The highest BCUT2D eigenvalue weighted by Crippen LogP contribution is 2.29. The van der Waals surface area contributed by atoms with E-state index in [1.807, 2.05) is 0 Å². The second-order valence-corrected chi connectivity index (χ2v) is 5.69. The van der Waals surface area contributed by atoms with E-state index in [0.717, 1.165) is 10.3 Å². The van der Waals surface area contributed by atoms with E-state index >= 15 is 0 Å². The number of benzene rings is 1. The van der Waals surface area contributed by atoms with Gasteiger partial charge in [-0.15, -0.1) is 0 Å². The zero-order valence-corrected chi connectivity index (χ0v) is 14.1. The van der Waals surface area contributed by atoms with E-state index < -0.39 is 24.0 Å². The van der Waals surface area contributed by atoms with Gasteiger partial charge >= 0.3 is 12.0 Å². The molecule has 25 heavy (non-hydrogen) atoms. The maximum atomic E-state index is 12.4. The summed E-state index contributed by atoms with van der Waals surface area (Å²) in [5, 5.41) is 3.25. The number of furan rings is 1. The number of ether oxygens (including phenoxy) is 2. The van der Waals surface area contributed by atoms with Crippen LogP contribution in [0.15, 0.2) is 22.6 Å². The number of nitrogens with one attached hydrogen (secondary N) is 1. The van der Waals surface area contributed by atoms with Gasteiger partial charge in [-0.2, -0.15) is 0 Å². The number of urea groups is 1. The molecule has 1 saturated heterocycles. The van der Waals surface area contributed by atoms with Crippen LogP contribution in [0.25, 0.3) is 11.0 Å². The lowest BCUT2D eigenvalue weighted by Gasteiger charge is -2.17. The first kappa shape index (κ1) is 16.8. The Balaban J connectivity index is 1.79. The molecule has 1 atom stereocenters. The molecule has 0 spiro atoms. The number of carbonyl (C=O) groups excluding carboxylic acids is 3. The second-order valence-electron chi connectivity index (χ2n) is 5.69. The Morgan fingerprint density at radius 2 is 2.12 bits per heavy atom. The third-order valence-corrected chi connectivity index (χ3v) is 4.08. The molecule has 0 bridgehead atoms. The molecule has 8 nitrogen and oxygen atoms in total. The summed E-state index contributed by atoms with van der Waals surface area (Å²) in [6.45, 7) is 3.79. The molecule has 0 saturated carbocycles. The lowest BCUT2D eigenvalue weighted by Crippen LogP contribution is -2.41. The van der Waals surface area contributed by atoms with Crippen LogP contribution in [0.5, 0.6) is 5.75 Å². The molecule has 3 rings (SSSR count). The second kappa shape index (κ2) is 6.46. The molecule has 1 N–H and O–H groups in total. The van der Waals surface area contributed by atoms with Gasteiger partial charge in [-0.3, -0.25) is 9.69 Å². The SMILES string of the molecule is COc1ccc2oc(C(=O)O[C@H](C)C(=O)N3CCNC3=O)c(C)c2c1. The van der Waals surface area contributed by atoms with E-state index in [2.05, 4.69) is 5.32 Å². The van der Waals surface area contributed by atoms with Crippen LogP contribution in [0.3, 0.4) is 0 Å². The topological polar surface area (TPSA) is 98.1 Å². The number of amides is 3. The van der Waals surface area contributed by atoms with E-state index in [-0.39, 0.29) is 12.3 Å². The van der Waals surface area contributed by atoms with E-state index in [4.69, 9.17) is 13.9 Å². The maximum Gasteiger partial charge on any atom is 0.375 e. The fraction of sp³-hybridized carbons (Fsp3) is 0.353. The Labute approximate surface area is 143 Å². The molecule has 0 unspecified atom stereocenters. The van der Waals surface area contributed by atoms with Crippen molar-refractivity contribution < 1.29 is 28.3 Å². The summed E-state index contributed by atoms with van der Waals surface area (Å²) in [6, 6.07) is 4.69. The van der Waals surface area contributed by atoms with Gasteiger partial charge in [0.25, 0.3) is 5.91 Å². The number of carbonyl (C=O) groups is 3. The van der Waals surface area contributed by atoms with Gasteiger partial charge in [0.15, 0.2) is 6.10 Å². The van der Waals surface area contributed by atoms with Crippen LogP contribution in [0.1, 0.15) is 23.0 Å². The van der Waals surface area contributed by atoms with E-state index in [9.17, 15) is 14.4 Å². The predicted octanol–water partition coefficient (Wildman–Crippen LogP) is 1.85. The van der Waals surface area contributed by atoms with E-state index in [0.29, 0.717) is 23.4 Å². The van der Waals surface area contributed by atoms with Gasteiger partial charge < -0.3 is 19.2 Å². The van der Waals surface area contributed by atoms with Crippen LogP contribution in [0, 0.1) is 6.92 Å². The van der Waals surface area contributed by atoms with Crippen molar-refractivity contribution in [2.75, 3.05) is 20.2 Å². The monoisotopic (exact) mass is 346 g/mol. The Hall–Kier alpha value is -3.03. The molecule has 2 aromatic rings. The van der Waals surface area contributed by atoms with E-state index in [1.165, 1.54) is 6.92 Å². The van der Waals surface area contributed by atoms with Gasteiger partial charge in [0, 0.05) is 24.0 Å². The lowest BCUT2D eigenvalue weighted by molar-refractivity contribution is -0.136. The van der Waals surface area contributed by atoms with Crippen molar-refractivity contribution in [1.82, 2.24) is 10.2 Å². The molecule has 0 radical (unpaired) electrons. The minimum atomic E-state index is -1.10. The van der Waals surface area contributed by atoms with Gasteiger partial charge in [0.2, 0.25) is 5.76 Å². The van der Waals surface area contributed by atoms with E-state index in [1.54, 1.807) is 32.2 Å². The van der Waals surface area contributed by atoms with Crippen molar-refractivity contribution in [1.29, 1.82) is 0 Å². The summed E-state index contributed by atoms with van der Waals surface area (Å²) < 4.78 is 15.9. The third kappa shape index (κ3) is 3.02. The highest BCUT2D eigenvalue weighted by molar-refractivity contribution is 6.00. The number of hydrogen-bond donors (Lipinski definition) is 1. The summed E-state index contributed by atoms with van der Waals surface area (Å²) in [4.78, 5) is 37.1. The normalized spacial score (nSPS) is 15.2. The fourth-order valence-electron chi connectivity index (χ4n) is 2.69. The van der Waals surface area contributed by atoms with Crippen molar-refractivity contribution in [3.05, 3.63) is 29.5 Å². The first-order valence-electron chi connectivity index (χ1n) is 7.79. The predicted molar refractivity (Wildman–Crippen MR) is 87.5 cm³/mol. The Kier molecular flexibility index (Phi) is 4.35. The zero-order valence-electron chi connectivity index (χ0n) is 14.1. The molecule has 1 aliphatic heterocycles. The molecule has 2 heterocycles. The quantitative estimate of drug-likeness (QED) is 0.849. The van der Waals surface area contributed by atoms with Gasteiger partial charge in [0.1, 0.15) is 11.3 Å². The summed E-state index contributed by atoms with van der Waals surface area (Å²) >= 11 is 0. The number of aryl methyl sites for hydroxylation is 1. The number of esters is 1. The van der Waals surface area contributed by atoms with Gasteiger partial charge in [-0.05, 0) is 32.0 Å². The van der Waals surface area contributed by atoms with Crippen molar-refractivity contribution >= 4 is 28.9 Å². The van der Waals surface area contributed by atoms with Crippen LogP contribution in [-0.4, -0.2) is 49.1 Å². The Bertz CT molecular complexity index is 856. The average molecular weight is 346 g/mol. The molecular weight excluding hydrogens is 328 g/mol. The van der Waals surface area contributed by atoms with Crippen LogP contribution in [0.2, 0.25) is 0 Å². The molecule has 1 aliphatic rings. The van der Waals surface area contributed by atoms with Gasteiger partial charge in [-0.25, -0.2) is 9.59 Å². The summed E-state index contributed by atoms with van der Waals surface area (Å²) in [6.07, 6.45) is -1.10. The molecule has 8 heteroatoms. The Morgan fingerprint density at radius 3 is 2.76 bits per heavy atom. The first-order valence-corrected chi connectivity index (χ1v) is 7.79. The molecular formula is C17H18N2O6. The number of nitrogens with zero attached hydrogens (tertiary/aromatic N) is 1. The first-order chi connectivity index (χ1) is 11.9. The van der Waals surface area contributed by atoms with Crippen LogP contribution in [0.4, 0.5) is 4.79 Å². The number of hydrogen-bond acceptors (Lipinski definition) is 6. The number of imide groups is 1. The van der Waals surface area contributed by atoms with Crippen LogP contribution >= 0.6 is 0 Å². The minimum Gasteiger partial charge on any atom is -0.497 e. The smallest absolute Gasteiger partial charge is 0.375 e. The number of rotatable bonds is 4. The molecule has 3 amide bonds. The van der Waals surface area contributed by atoms with Crippen LogP contribution in [-0.2, 0) is 9.53 Å². The highest BCUT2D eigenvalue weighted by Gasteiger charge is 2.32. The fourth-order valence-corrected chi connectivity index (χ4v) is 2.69. The number of fused-ring (bicyclic) bond motifs is 1. The number of methoxy groups -OCH3 is 1. The van der Waals surface area contributed by atoms with Crippen molar-refractivity contribution in [3.63, 3.8) is 0 Å². The highest BCUT2D eigenvalue weighted by atomic mass is 16.6. The van der Waals surface area contributed by atoms with Gasteiger partial charge in [-0.1, -0.05) is 0 Å². The van der Waals surface area contributed by atoms with Gasteiger partial charge in [0.05, 0.1) is 7.11 Å². The van der Waals surface area contributed by atoms with Crippen molar-refractivity contribution in [3.8, 4) is 5.75 Å². The largest absolute Gasteiger partial charge is 0.497 e. The lowest BCUT2D eigenvalue weighted by atomic mass is 10.1. The van der Waals surface area contributed by atoms with Crippen molar-refractivity contribution in [2.24, 2.45) is 0 Å².